The first kappa shape index (κ1) is 10.1. The average molecular weight is 360 g/mol. The Morgan fingerprint density at radius 3 is 2.00 bits per heavy atom. The van der Waals surface area contributed by atoms with Gasteiger partial charge in [-0.1, -0.05) is 63.1 Å². The predicted molar refractivity (Wildman–Crippen MR) is 111 cm³/mol. The average Bonchev–Trinajstić information content (AvgIpc) is 2.89. The van der Waals surface area contributed by atoms with Crippen molar-refractivity contribution in [3.63, 3.8) is 0 Å². The normalized spacial score (nSPS) is 25.0. The molecule has 0 atom stereocenters. The van der Waals surface area contributed by atoms with E-state index in [1.54, 1.807) is 48.5 Å². The van der Waals surface area contributed by atoms with E-state index in [4.69, 9.17) is 23.0 Å². The molecule has 1 aliphatic rings. The number of hydrogen-bond acceptors (Lipinski definition) is 2. The SMILES string of the molecule is [2H]c1c([2H])c(-c2c([2H])c([2H])c(C(C)(C)C)c([2H])c2C([2H])([2H])[2H])c([2H])c([2H])c1B1OC(C)(C)C(C)(C)O1. The molecule has 26 heavy (non-hydrogen) atoms. The summed E-state index contributed by atoms with van der Waals surface area (Å²) in [4.78, 5) is 0. The molecule has 1 aliphatic heterocycles. The minimum Gasteiger partial charge on any atom is -0.399 e. The minimum atomic E-state index is -2.91. The molecule has 0 spiro atoms. The molecule has 0 amide bonds. The molecule has 1 fully saturated rings. The highest BCUT2D eigenvalue weighted by molar-refractivity contribution is 6.62. The van der Waals surface area contributed by atoms with Crippen molar-refractivity contribution in [3.8, 4) is 11.1 Å². The maximum absolute atomic E-state index is 8.70. The molecule has 0 aliphatic carbocycles. The van der Waals surface area contributed by atoms with Crippen LogP contribution >= 0.6 is 0 Å². The Labute approximate surface area is 173 Å². The number of rotatable bonds is 2. The Balaban J connectivity index is 2.43. The van der Waals surface area contributed by atoms with Gasteiger partial charge in [-0.15, -0.1) is 0 Å². The molecule has 3 rings (SSSR count). The molecule has 0 saturated carbocycles. The van der Waals surface area contributed by atoms with Gasteiger partial charge in [0.05, 0.1) is 20.8 Å². The zero-order valence-corrected chi connectivity index (χ0v) is 16.4. The lowest BCUT2D eigenvalue weighted by atomic mass is 9.78. The fraction of sp³-hybridized carbons (Fsp3) is 0.478. The molecule has 2 aromatic carbocycles. The molecule has 3 heteroatoms. The van der Waals surface area contributed by atoms with Gasteiger partial charge in [-0.3, -0.25) is 0 Å². The lowest BCUT2D eigenvalue weighted by Crippen LogP contribution is -2.41. The van der Waals surface area contributed by atoms with E-state index in [0.29, 0.717) is 0 Å². The van der Waals surface area contributed by atoms with Gasteiger partial charge in [0, 0.05) is 4.11 Å². The van der Waals surface area contributed by atoms with Crippen LogP contribution in [0.1, 0.15) is 73.3 Å². The van der Waals surface area contributed by atoms with Crippen LogP contribution in [0.3, 0.4) is 0 Å². The van der Waals surface area contributed by atoms with Gasteiger partial charge < -0.3 is 9.31 Å². The Morgan fingerprint density at radius 2 is 1.50 bits per heavy atom. The van der Waals surface area contributed by atoms with Gasteiger partial charge >= 0.3 is 7.12 Å². The molecule has 2 aromatic rings. The summed E-state index contributed by atoms with van der Waals surface area (Å²) in [5.41, 5.74) is -3.98. The summed E-state index contributed by atoms with van der Waals surface area (Å²) in [6, 6.07) is -3.61. The maximum Gasteiger partial charge on any atom is 0.494 e. The van der Waals surface area contributed by atoms with E-state index in [0.717, 1.165) is 0 Å². The van der Waals surface area contributed by atoms with Gasteiger partial charge in [-0.2, -0.15) is 0 Å². The molecule has 138 valence electrons. The molecule has 0 radical (unpaired) electrons. The molecule has 0 N–H and O–H groups in total. The van der Waals surface area contributed by atoms with Crippen LogP contribution in [0.15, 0.2) is 42.3 Å². The smallest absolute Gasteiger partial charge is 0.399 e. The Bertz CT molecular complexity index is 1200. The van der Waals surface area contributed by atoms with Crippen LogP contribution in [-0.4, -0.2) is 18.3 Å². The Kier molecular flexibility index (Phi) is 2.43. The van der Waals surface area contributed by atoms with Crippen LogP contribution in [0, 0.1) is 6.85 Å². The second-order valence-electron chi connectivity index (χ2n) is 8.63. The minimum absolute atomic E-state index is 0.0615. The molecular formula is C23H31BO2. The number of benzene rings is 2. The standard InChI is InChI=1S/C23H31BO2/c1-16-15-18(21(2,3)4)11-14-20(16)17-9-12-19(13-10-17)24-25-22(5,6)23(7,8)26-24/h9-15H,1-8H3/i1D3,9D,10D,11D,12D,13D,14D,15D. The van der Waals surface area contributed by atoms with E-state index >= 15 is 0 Å². The van der Waals surface area contributed by atoms with Gasteiger partial charge in [-0.25, -0.2) is 0 Å². The van der Waals surface area contributed by atoms with Crippen molar-refractivity contribution in [1.29, 1.82) is 0 Å². The van der Waals surface area contributed by atoms with E-state index in [9.17, 15) is 0 Å². The molecular weight excluding hydrogens is 319 g/mol. The van der Waals surface area contributed by atoms with Crippen molar-refractivity contribution < 1.29 is 23.0 Å². The fourth-order valence-corrected chi connectivity index (χ4v) is 2.49. The maximum atomic E-state index is 8.70. The third-order valence-electron chi connectivity index (χ3n) is 4.95. The lowest BCUT2D eigenvalue weighted by molar-refractivity contribution is 0.00578. The first-order valence-corrected chi connectivity index (χ1v) is 8.67. The fourth-order valence-electron chi connectivity index (χ4n) is 2.49. The van der Waals surface area contributed by atoms with E-state index in [-0.39, 0.29) is 17.1 Å². The second kappa shape index (κ2) is 6.25. The second-order valence-corrected chi connectivity index (χ2v) is 8.63. The van der Waals surface area contributed by atoms with Crippen LogP contribution < -0.4 is 5.46 Å². The van der Waals surface area contributed by atoms with E-state index in [1.165, 1.54) is 0 Å². The highest BCUT2D eigenvalue weighted by Crippen LogP contribution is 2.36. The zero-order chi connectivity index (χ0) is 27.9. The lowest BCUT2D eigenvalue weighted by Gasteiger charge is -2.32. The van der Waals surface area contributed by atoms with Crippen molar-refractivity contribution in [2.45, 2.75) is 71.9 Å². The predicted octanol–water partition coefficient (Wildman–Crippen LogP) is 5.26. The number of hydrogen-bond donors (Lipinski definition) is 0. The van der Waals surface area contributed by atoms with Gasteiger partial charge in [-0.05, 0) is 67.7 Å². The third kappa shape index (κ3) is 3.48. The van der Waals surface area contributed by atoms with Crippen molar-refractivity contribution >= 4 is 12.6 Å². The molecule has 1 heterocycles. The first-order chi connectivity index (χ1) is 16.1. The van der Waals surface area contributed by atoms with Crippen LogP contribution in [-0.2, 0) is 14.7 Å². The summed E-state index contributed by atoms with van der Waals surface area (Å²) in [6.45, 7) is 9.35. The Hall–Kier alpha value is -1.58. The molecule has 0 aromatic heterocycles. The molecule has 0 bridgehead atoms. The van der Waals surface area contributed by atoms with Crippen LogP contribution in [0.5, 0.6) is 0 Å². The molecule has 0 unspecified atom stereocenters. The van der Waals surface area contributed by atoms with Crippen molar-refractivity contribution in [2.75, 3.05) is 0 Å². The first-order valence-electron chi connectivity index (χ1n) is 13.7. The van der Waals surface area contributed by atoms with E-state index in [1.807, 2.05) is 0 Å². The van der Waals surface area contributed by atoms with Crippen molar-refractivity contribution in [2.24, 2.45) is 0 Å². The summed E-state index contributed by atoms with van der Waals surface area (Å²) in [5.74, 6) is 0. The third-order valence-corrected chi connectivity index (χ3v) is 4.95. The monoisotopic (exact) mass is 360 g/mol. The summed E-state index contributed by atoms with van der Waals surface area (Å²) in [7, 11) is -1.20. The van der Waals surface area contributed by atoms with Crippen molar-refractivity contribution in [1.82, 2.24) is 0 Å². The van der Waals surface area contributed by atoms with Crippen LogP contribution in [0.4, 0.5) is 0 Å². The van der Waals surface area contributed by atoms with Crippen molar-refractivity contribution in [3.05, 3.63) is 53.4 Å². The zero-order valence-electron chi connectivity index (χ0n) is 26.4. The van der Waals surface area contributed by atoms with E-state index in [2.05, 4.69) is 0 Å². The van der Waals surface area contributed by atoms with Gasteiger partial charge in [0.15, 0.2) is 0 Å². The highest BCUT2D eigenvalue weighted by Gasteiger charge is 2.51. The molecule has 2 nitrogen and oxygen atoms in total. The largest absolute Gasteiger partial charge is 0.494 e. The van der Waals surface area contributed by atoms with Gasteiger partial charge in [0.25, 0.3) is 0 Å². The summed E-state index contributed by atoms with van der Waals surface area (Å²) >= 11 is 0. The summed E-state index contributed by atoms with van der Waals surface area (Å²) in [5, 5.41) is 0. The van der Waals surface area contributed by atoms with Gasteiger partial charge in [0.1, 0.15) is 0 Å². The van der Waals surface area contributed by atoms with Gasteiger partial charge in [0.2, 0.25) is 0 Å². The van der Waals surface area contributed by atoms with E-state index < -0.39 is 83.5 Å². The Morgan fingerprint density at radius 1 is 0.923 bits per heavy atom. The quantitative estimate of drug-likeness (QED) is 0.680. The van der Waals surface area contributed by atoms with Crippen LogP contribution in [0.25, 0.3) is 11.1 Å². The van der Waals surface area contributed by atoms with Crippen LogP contribution in [0.2, 0.25) is 0 Å². The highest BCUT2D eigenvalue weighted by atomic mass is 16.7. The summed E-state index contributed by atoms with van der Waals surface area (Å²) < 4.78 is 96.8. The topological polar surface area (TPSA) is 18.5 Å². The molecule has 1 saturated heterocycles. The summed E-state index contributed by atoms with van der Waals surface area (Å²) in [6.07, 6.45) is 0.